The van der Waals surface area contributed by atoms with Gasteiger partial charge in [-0.1, -0.05) is 13.0 Å². The minimum absolute atomic E-state index is 0.0246. The Morgan fingerprint density at radius 2 is 2.36 bits per heavy atom. The lowest BCUT2D eigenvalue weighted by molar-refractivity contribution is -0.156. The van der Waals surface area contributed by atoms with Crippen LogP contribution in [0.4, 0.5) is 0 Å². The van der Waals surface area contributed by atoms with Crippen molar-refractivity contribution in [2.24, 2.45) is 11.3 Å². The molecule has 1 aliphatic carbocycles. The first-order valence-electron chi connectivity index (χ1n) is 4.53. The van der Waals surface area contributed by atoms with Crippen molar-refractivity contribution in [3.8, 4) is 0 Å². The molecular weight excluding hydrogens is 184 g/mol. The van der Waals surface area contributed by atoms with E-state index in [-0.39, 0.29) is 24.9 Å². The van der Waals surface area contributed by atoms with Gasteiger partial charge in [-0.25, -0.2) is 0 Å². The fourth-order valence-electron chi connectivity index (χ4n) is 1.38. The summed E-state index contributed by atoms with van der Waals surface area (Å²) < 4.78 is 4.80. The first-order chi connectivity index (χ1) is 6.52. The summed E-state index contributed by atoms with van der Waals surface area (Å²) in [5.41, 5.74) is -0.869. The zero-order valence-electron chi connectivity index (χ0n) is 8.32. The van der Waals surface area contributed by atoms with E-state index in [0.29, 0.717) is 0 Å². The first-order valence-corrected chi connectivity index (χ1v) is 4.53. The normalized spacial score (nSPS) is 30.8. The summed E-state index contributed by atoms with van der Waals surface area (Å²) in [5, 5.41) is 8.50. The molecule has 14 heavy (non-hydrogen) atoms. The maximum atomic E-state index is 11.5. The number of hydrogen-bond acceptors (Lipinski definition) is 4. The molecule has 0 saturated carbocycles. The van der Waals surface area contributed by atoms with Gasteiger partial charge in [-0.05, 0) is 13.0 Å². The minimum Gasteiger partial charge on any atom is -0.463 e. The summed E-state index contributed by atoms with van der Waals surface area (Å²) in [6.45, 7) is 3.14. The highest BCUT2D eigenvalue weighted by Gasteiger charge is 2.44. The Morgan fingerprint density at radius 3 is 2.79 bits per heavy atom. The van der Waals surface area contributed by atoms with E-state index in [1.54, 1.807) is 19.9 Å². The highest BCUT2D eigenvalue weighted by Crippen LogP contribution is 2.36. The predicted molar refractivity (Wildman–Crippen MR) is 49.5 cm³/mol. The van der Waals surface area contributed by atoms with Crippen LogP contribution in [0.1, 0.15) is 13.8 Å². The van der Waals surface area contributed by atoms with Gasteiger partial charge in [0, 0.05) is 5.92 Å². The second-order valence-corrected chi connectivity index (χ2v) is 3.60. The van der Waals surface area contributed by atoms with E-state index in [1.807, 2.05) is 0 Å². The van der Waals surface area contributed by atoms with Crippen LogP contribution in [0.3, 0.4) is 0 Å². The van der Waals surface area contributed by atoms with Crippen molar-refractivity contribution in [2.45, 2.75) is 13.8 Å². The van der Waals surface area contributed by atoms with Gasteiger partial charge in [-0.2, -0.15) is 0 Å². The highest BCUT2D eigenvalue weighted by atomic mass is 16.5. The van der Waals surface area contributed by atoms with Crippen molar-refractivity contribution < 1.29 is 19.4 Å². The Balaban J connectivity index is 2.71. The van der Waals surface area contributed by atoms with Crippen LogP contribution in [-0.2, 0) is 14.3 Å². The smallest absolute Gasteiger partial charge is 0.316 e. The molecule has 0 saturated heterocycles. The number of ketones is 1. The summed E-state index contributed by atoms with van der Waals surface area (Å²) >= 11 is 0. The van der Waals surface area contributed by atoms with Gasteiger partial charge in [0.2, 0.25) is 0 Å². The summed E-state index contributed by atoms with van der Waals surface area (Å²) in [6.07, 6.45) is 2.98. The molecule has 1 rings (SSSR count). The van der Waals surface area contributed by atoms with E-state index in [1.165, 1.54) is 6.08 Å². The molecule has 0 heterocycles. The molecule has 0 bridgehead atoms. The zero-order chi connectivity index (χ0) is 10.8. The Kier molecular flexibility index (Phi) is 3.06. The third kappa shape index (κ3) is 1.70. The van der Waals surface area contributed by atoms with E-state index in [9.17, 15) is 9.59 Å². The number of aliphatic hydroxyl groups is 1. The Hall–Kier alpha value is -1.16. The van der Waals surface area contributed by atoms with Crippen molar-refractivity contribution in [1.29, 1.82) is 0 Å². The third-order valence-electron chi connectivity index (χ3n) is 2.68. The van der Waals surface area contributed by atoms with Crippen LogP contribution in [0.15, 0.2) is 12.2 Å². The van der Waals surface area contributed by atoms with Crippen molar-refractivity contribution in [2.75, 3.05) is 13.2 Å². The van der Waals surface area contributed by atoms with Crippen molar-refractivity contribution in [3.05, 3.63) is 12.2 Å². The molecule has 0 aromatic rings. The highest BCUT2D eigenvalue weighted by molar-refractivity contribution is 6.00. The van der Waals surface area contributed by atoms with Crippen molar-refractivity contribution >= 4 is 11.8 Å². The molecule has 78 valence electrons. The molecule has 0 fully saturated rings. The van der Waals surface area contributed by atoms with E-state index in [4.69, 9.17) is 9.84 Å². The monoisotopic (exact) mass is 198 g/mol. The lowest BCUT2D eigenvalue weighted by Gasteiger charge is -2.24. The van der Waals surface area contributed by atoms with Gasteiger partial charge in [0.15, 0.2) is 5.78 Å². The van der Waals surface area contributed by atoms with E-state index < -0.39 is 11.4 Å². The molecule has 2 unspecified atom stereocenters. The van der Waals surface area contributed by atoms with Crippen LogP contribution in [0.5, 0.6) is 0 Å². The average molecular weight is 198 g/mol. The van der Waals surface area contributed by atoms with Crippen LogP contribution >= 0.6 is 0 Å². The number of carbonyl (C=O) groups excluding carboxylic acids is 2. The number of ether oxygens (including phenoxy) is 1. The van der Waals surface area contributed by atoms with Crippen LogP contribution in [0.25, 0.3) is 0 Å². The SMILES string of the molecule is CC1C(=O)C=CC1(C)C(=O)OCCO. The van der Waals surface area contributed by atoms with Gasteiger partial charge in [0.1, 0.15) is 6.61 Å². The largest absolute Gasteiger partial charge is 0.463 e. The number of rotatable bonds is 3. The molecule has 0 aromatic heterocycles. The summed E-state index contributed by atoms with van der Waals surface area (Å²) in [6, 6.07) is 0. The zero-order valence-corrected chi connectivity index (χ0v) is 8.32. The van der Waals surface area contributed by atoms with Crippen LogP contribution in [0.2, 0.25) is 0 Å². The lowest BCUT2D eigenvalue weighted by atomic mass is 9.81. The number of carbonyl (C=O) groups is 2. The molecule has 0 spiro atoms. The quantitative estimate of drug-likeness (QED) is 0.662. The molecule has 0 radical (unpaired) electrons. The van der Waals surface area contributed by atoms with Gasteiger partial charge in [-0.3, -0.25) is 9.59 Å². The van der Waals surface area contributed by atoms with Gasteiger partial charge < -0.3 is 9.84 Å². The topological polar surface area (TPSA) is 63.6 Å². The maximum Gasteiger partial charge on any atom is 0.316 e. The fourth-order valence-corrected chi connectivity index (χ4v) is 1.38. The average Bonchev–Trinajstić information content (AvgIpc) is 2.44. The van der Waals surface area contributed by atoms with Crippen molar-refractivity contribution in [3.63, 3.8) is 0 Å². The minimum atomic E-state index is -0.869. The Morgan fingerprint density at radius 1 is 1.71 bits per heavy atom. The molecule has 4 nitrogen and oxygen atoms in total. The van der Waals surface area contributed by atoms with E-state index >= 15 is 0 Å². The van der Waals surface area contributed by atoms with Gasteiger partial charge >= 0.3 is 5.97 Å². The van der Waals surface area contributed by atoms with Gasteiger partial charge in [-0.15, -0.1) is 0 Å². The van der Waals surface area contributed by atoms with E-state index in [0.717, 1.165) is 0 Å². The van der Waals surface area contributed by atoms with Gasteiger partial charge in [0.05, 0.1) is 12.0 Å². The number of esters is 1. The lowest BCUT2D eigenvalue weighted by Crippen LogP contribution is -2.34. The molecule has 0 aliphatic heterocycles. The maximum absolute atomic E-state index is 11.5. The van der Waals surface area contributed by atoms with Crippen molar-refractivity contribution in [1.82, 2.24) is 0 Å². The molecule has 0 amide bonds. The van der Waals surface area contributed by atoms with E-state index in [2.05, 4.69) is 0 Å². The second kappa shape index (κ2) is 3.92. The summed E-state index contributed by atoms with van der Waals surface area (Å²) in [5.74, 6) is -0.900. The van der Waals surface area contributed by atoms with Crippen LogP contribution in [-0.4, -0.2) is 30.1 Å². The molecule has 1 aliphatic rings. The van der Waals surface area contributed by atoms with Crippen LogP contribution < -0.4 is 0 Å². The fraction of sp³-hybridized carbons (Fsp3) is 0.600. The predicted octanol–water partition coefficient (Wildman–Crippen LogP) is 0.303. The summed E-state index contributed by atoms with van der Waals surface area (Å²) in [4.78, 5) is 22.8. The molecule has 2 atom stereocenters. The molecular formula is C10H14O4. The molecule has 1 N–H and O–H groups in total. The van der Waals surface area contributed by atoms with Gasteiger partial charge in [0.25, 0.3) is 0 Å². The standard InChI is InChI=1S/C10H14O4/c1-7-8(12)3-4-10(7,2)9(13)14-6-5-11/h3-4,7,11H,5-6H2,1-2H3. The second-order valence-electron chi connectivity index (χ2n) is 3.60. The summed E-state index contributed by atoms with van der Waals surface area (Å²) in [7, 11) is 0. The number of hydrogen-bond donors (Lipinski definition) is 1. The Bertz CT molecular complexity index is 282. The molecule has 0 aromatic carbocycles. The third-order valence-corrected chi connectivity index (χ3v) is 2.68. The number of allylic oxidation sites excluding steroid dienone is 1. The number of aliphatic hydroxyl groups excluding tert-OH is 1. The first kappa shape index (κ1) is 10.9. The van der Waals surface area contributed by atoms with Crippen LogP contribution in [0, 0.1) is 11.3 Å². The molecule has 4 heteroatoms. The Labute approximate surface area is 82.6 Å².